The number of anilines is 1. The molecule has 0 spiro atoms. The predicted octanol–water partition coefficient (Wildman–Crippen LogP) is 4.11. The van der Waals surface area contributed by atoms with Crippen LogP contribution in [0.15, 0.2) is 12.3 Å². The Balaban J connectivity index is 1.68. The number of hydrogen-bond donors (Lipinski definition) is 2. The van der Waals surface area contributed by atoms with Gasteiger partial charge in [-0.2, -0.15) is 0 Å². The van der Waals surface area contributed by atoms with Crippen LogP contribution in [0.5, 0.6) is 0 Å². The Kier molecular flexibility index (Phi) is 6.21. The van der Waals surface area contributed by atoms with Crippen molar-refractivity contribution >= 4 is 29.0 Å². The van der Waals surface area contributed by atoms with E-state index in [9.17, 15) is 0 Å². The summed E-state index contributed by atoms with van der Waals surface area (Å²) < 4.78 is 0. The Morgan fingerprint density at radius 3 is 2.53 bits per heavy atom. The second-order valence-electron chi connectivity index (χ2n) is 5.05. The lowest BCUT2D eigenvalue weighted by Crippen LogP contribution is -2.32. The highest BCUT2D eigenvalue weighted by atomic mass is 35.5. The van der Waals surface area contributed by atoms with Gasteiger partial charge in [0.2, 0.25) is 0 Å². The van der Waals surface area contributed by atoms with Crippen molar-refractivity contribution in [2.45, 2.75) is 44.6 Å². The van der Waals surface area contributed by atoms with E-state index in [1.165, 1.54) is 38.5 Å². The minimum atomic E-state index is 0.562. The van der Waals surface area contributed by atoms with E-state index < -0.39 is 0 Å². The van der Waals surface area contributed by atoms with E-state index in [0.717, 1.165) is 13.1 Å². The van der Waals surface area contributed by atoms with Crippen LogP contribution in [0.3, 0.4) is 0 Å². The van der Waals surface area contributed by atoms with Crippen molar-refractivity contribution in [3.63, 3.8) is 0 Å². The van der Waals surface area contributed by atoms with E-state index in [4.69, 9.17) is 23.2 Å². The number of rotatable bonds is 5. The van der Waals surface area contributed by atoms with Gasteiger partial charge in [-0.3, -0.25) is 0 Å². The first-order chi connectivity index (χ1) is 9.25. The third kappa shape index (κ3) is 5.17. The molecule has 1 aromatic heterocycles. The van der Waals surface area contributed by atoms with Gasteiger partial charge < -0.3 is 10.6 Å². The highest BCUT2D eigenvalue weighted by Crippen LogP contribution is 2.22. The summed E-state index contributed by atoms with van der Waals surface area (Å²) in [5, 5.41) is 7.97. The Hall–Kier alpha value is -0.510. The monoisotopic (exact) mass is 301 g/mol. The van der Waals surface area contributed by atoms with Crippen molar-refractivity contribution in [2.75, 3.05) is 18.4 Å². The summed E-state index contributed by atoms with van der Waals surface area (Å²) in [5.74, 6) is 0.703. The molecule has 1 saturated carbocycles. The Labute approximate surface area is 125 Å². The molecule has 19 heavy (non-hydrogen) atoms. The largest absolute Gasteiger partial charge is 0.368 e. The van der Waals surface area contributed by atoms with Crippen LogP contribution in [0, 0.1) is 0 Å². The minimum absolute atomic E-state index is 0.562. The van der Waals surface area contributed by atoms with Crippen molar-refractivity contribution in [3.05, 3.63) is 22.3 Å². The van der Waals surface area contributed by atoms with E-state index in [-0.39, 0.29) is 0 Å². The maximum atomic E-state index is 6.05. The minimum Gasteiger partial charge on any atom is -0.368 e. The first kappa shape index (κ1) is 14.9. The molecule has 0 atom stereocenters. The summed E-state index contributed by atoms with van der Waals surface area (Å²) in [7, 11) is 0. The van der Waals surface area contributed by atoms with Gasteiger partial charge in [-0.25, -0.2) is 4.98 Å². The number of nitrogens with one attached hydrogen (secondary N) is 2. The standard InChI is InChI=1S/C14H21Cl2N3/c15-11-9-13(16)14(19-10-11)18-8-7-17-12-5-3-1-2-4-6-12/h9-10,12,17H,1-8H2,(H,18,19). The molecule has 106 valence electrons. The Morgan fingerprint density at radius 1 is 1.11 bits per heavy atom. The quantitative estimate of drug-likeness (QED) is 0.635. The zero-order valence-corrected chi connectivity index (χ0v) is 12.6. The predicted molar refractivity (Wildman–Crippen MR) is 82.2 cm³/mol. The highest BCUT2D eigenvalue weighted by molar-refractivity contribution is 6.35. The smallest absolute Gasteiger partial charge is 0.144 e. The molecule has 1 aliphatic rings. The fourth-order valence-electron chi connectivity index (χ4n) is 2.49. The van der Waals surface area contributed by atoms with Crippen molar-refractivity contribution in [1.29, 1.82) is 0 Å². The molecule has 1 aromatic rings. The average molecular weight is 302 g/mol. The summed E-state index contributed by atoms with van der Waals surface area (Å²) in [4.78, 5) is 4.17. The van der Waals surface area contributed by atoms with Crippen LogP contribution in [0.1, 0.15) is 38.5 Å². The molecule has 0 saturated heterocycles. The molecule has 0 bridgehead atoms. The van der Waals surface area contributed by atoms with Crippen LogP contribution < -0.4 is 10.6 Å². The van der Waals surface area contributed by atoms with Crippen molar-refractivity contribution < 1.29 is 0 Å². The van der Waals surface area contributed by atoms with E-state index >= 15 is 0 Å². The molecule has 0 unspecified atom stereocenters. The summed E-state index contributed by atoms with van der Waals surface area (Å²) in [6.45, 7) is 1.76. The normalized spacial score (nSPS) is 17.2. The van der Waals surface area contributed by atoms with Crippen LogP contribution in [-0.4, -0.2) is 24.1 Å². The molecule has 1 aliphatic carbocycles. The van der Waals surface area contributed by atoms with Gasteiger partial charge in [-0.05, 0) is 18.9 Å². The van der Waals surface area contributed by atoms with Crippen LogP contribution in [0.25, 0.3) is 0 Å². The highest BCUT2D eigenvalue weighted by Gasteiger charge is 2.10. The van der Waals surface area contributed by atoms with Crippen LogP contribution in [-0.2, 0) is 0 Å². The van der Waals surface area contributed by atoms with Crippen molar-refractivity contribution in [2.24, 2.45) is 0 Å². The second kappa shape index (κ2) is 7.93. The third-order valence-electron chi connectivity index (χ3n) is 3.51. The number of aromatic nitrogens is 1. The molecule has 0 radical (unpaired) electrons. The number of halogens is 2. The van der Waals surface area contributed by atoms with Crippen LogP contribution in [0.2, 0.25) is 10.0 Å². The van der Waals surface area contributed by atoms with Gasteiger partial charge in [-0.15, -0.1) is 0 Å². The Morgan fingerprint density at radius 2 is 1.84 bits per heavy atom. The first-order valence-corrected chi connectivity index (χ1v) is 7.79. The number of nitrogens with zero attached hydrogens (tertiary/aromatic N) is 1. The van der Waals surface area contributed by atoms with Gasteiger partial charge >= 0.3 is 0 Å². The maximum Gasteiger partial charge on any atom is 0.144 e. The maximum absolute atomic E-state index is 6.05. The fraction of sp³-hybridized carbons (Fsp3) is 0.643. The summed E-state index contributed by atoms with van der Waals surface area (Å²) in [6, 6.07) is 2.38. The molecule has 2 rings (SSSR count). The molecular weight excluding hydrogens is 281 g/mol. The van der Waals surface area contributed by atoms with E-state index in [2.05, 4.69) is 15.6 Å². The average Bonchev–Trinajstić information content (AvgIpc) is 2.65. The SMILES string of the molecule is Clc1cnc(NCCNC2CCCCCC2)c(Cl)c1. The van der Waals surface area contributed by atoms with E-state index in [0.29, 0.717) is 21.9 Å². The molecule has 2 N–H and O–H groups in total. The molecule has 1 fully saturated rings. The molecule has 0 amide bonds. The molecule has 3 nitrogen and oxygen atoms in total. The second-order valence-corrected chi connectivity index (χ2v) is 5.90. The van der Waals surface area contributed by atoms with Crippen LogP contribution in [0.4, 0.5) is 5.82 Å². The fourth-order valence-corrected chi connectivity index (χ4v) is 2.93. The number of pyridine rings is 1. The zero-order valence-electron chi connectivity index (χ0n) is 11.1. The molecular formula is C14H21Cl2N3. The van der Waals surface area contributed by atoms with Gasteiger partial charge in [0.25, 0.3) is 0 Å². The molecule has 5 heteroatoms. The van der Waals surface area contributed by atoms with Crippen molar-refractivity contribution in [3.8, 4) is 0 Å². The third-order valence-corrected chi connectivity index (χ3v) is 4.01. The first-order valence-electron chi connectivity index (χ1n) is 7.04. The van der Waals surface area contributed by atoms with Gasteiger partial charge in [0, 0.05) is 25.3 Å². The van der Waals surface area contributed by atoms with Gasteiger partial charge in [0.05, 0.1) is 10.0 Å². The summed E-state index contributed by atoms with van der Waals surface area (Å²) in [5.41, 5.74) is 0. The summed E-state index contributed by atoms with van der Waals surface area (Å²) >= 11 is 11.9. The molecule has 0 aliphatic heterocycles. The lowest BCUT2D eigenvalue weighted by Gasteiger charge is -2.16. The van der Waals surface area contributed by atoms with E-state index in [1.807, 2.05) is 0 Å². The topological polar surface area (TPSA) is 37.0 Å². The summed E-state index contributed by atoms with van der Waals surface area (Å²) in [6.07, 6.45) is 9.71. The van der Waals surface area contributed by atoms with Gasteiger partial charge in [0.15, 0.2) is 0 Å². The lowest BCUT2D eigenvalue weighted by molar-refractivity contribution is 0.468. The zero-order chi connectivity index (χ0) is 13.5. The molecule has 1 heterocycles. The number of hydrogen-bond acceptors (Lipinski definition) is 3. The lowest BCUT2D eigenvalue weighted by atomic mass is 10.1. The Bertz CT molecular complexity index is 390. The van der Waals surface area contributed by atoms with E-state index in [1.54, 1.807) is 12.3 Å². The van der Waals surface area contributed by atoms with Crippen LogP contribution >= 0.6 is 23.2 Å². The van der Waals surface area contributed by atoms with Gasteiger partial charge in [0.1, 0.15) is 5.82 Å². The molecule has 0 aromatic carbocycles. The van der Waals surface area contributed by atoms with Crippen molar-refractivity contribution in [1.82, 2.24) is 10.3 Å². The van der Waals surface area contributed by atoms with Gasteiger partial charge in [-0.1, -0.05) is 48.9 Å².